The number of amides is 3. The smallest absolute Gasteiger partial charge is 0.317 e. The summed E-state index contributed by atoms with van der Waals surface area (Å²) in [4.78, 5) is 29.2. The van der Waals surface area contributed by atoms with E-state index in [1.54, 1.807) is 12.0 Å². The average molecular weight is 460 g/mol. The molecule has 1 aromatic heterocycles. The van der Waals surface area contributed by atoms with Gasteiger partial charge in [-0.25, -0.2) is 4.79 Å². The number of aryl methyl sites for hydroxylation is 1. The van der Waals surface area contributed by atoms with Crippen molar-refractivity contribution in [1.29, 1.82) is 0 Å². The molecule has 1 aliphatic heterocycles. The first-order chi connectivity index (χ1) is 16.0. The molecule has 0 unspecified atom stereocenters. The summed E-state index contributed by atoms with van der Waals surface area (Å²) in [6.45, 7) is 5.90. The van der Waals surface area contributed by atoms with E-state index in [-0.39, 0.29) is 31.8 Å². The number of urea groups is 1. The van der Waals surface area contributed by atoms with Gasteiger partial charge in [0.25, 0.3) is 0 Å². The third kappa shape index (κ3) is 7.15. The number of fused-ring (bicyclic) bond motifs is 1. The van der Waals surface area contributed by atoms with Gasteiger partial charge in [-0.2, -0.15) is 0 Å². The highest BCUT2D eigenvalue weighted by Crippen LogP contribution is 2.33. The van der Waals surface area contributed by atoms with E-state index in [0.29, 0.717) is 43.5 Å². The van der Waals surface area contributed by atoms with E-state index >= 15 is 0 Å². The summed E-state index contributed by atoms with van der Waals surface area (Å²) in [5.41, 5.74) is 0.895. The third-order valence-corrected chi connectivity index (χ3v) is 5.29. The number of nitrogens with zero attached hydrogens (tertiary/aromatic N) is 2. The molecule has 3 rings (SSSR count). The van der Waals surface area contributed by atoms with Crippen LogP contribution in [0.15, 0.2) is 34.7 Å². The van der Waals surface area contributed by atoms with Crippen molar-refractivity contribution in [3.05, 3.63) is 47.4 Å². The number of unbranched alkanes of at least 4 members (excludes halogenated alkanes) is 1. The van der Waals surface area contributed by atoms with Crippen LogP contribution in [-0.4, -0.2) is 61.9 Å². The van der Waals surface area contributed by atoms with Crippen LogP contribution in [-0.2, 0) is 22.6 Å². The van der Waals surface area contributed by atoms with Crippen molar-refractivity contribution in [2.75, 3.05) is 40.1 Å². The largest absolute Gasteiger partial charge is 0.464 e. The molecule has 0 spiro atoms. The van der Waals surface area contributed by atoms with Gasteiger partial charge in [0, 0.05) is 26.7 Å². The predicted octanol–water partition coefficient (Wildman–Crippen LogP) is 3.30. The minimum atomic E-state index is -0.272. The molecule has 0 fully saturated rings. The van der Waals surface area contributed by atoms with Crippen LogP contribution in [0.4, 0.5) is 4.79 Å². The van der Waals surface area contributed by atoms with Gasteiger partial charge in [0.1, 0.15) is 18.1 Å². The van der Waals surface area contributed by atoms with E-state index < -0.39 is 0 Å². The molecule has 0 atom stereocenters. The van der Waals surface area contributed by atoms with Gasteiger partial charge in [-0.1, -0.05) is 19.4 Å². The summed E-state index contributed by atoms with van der Waals surface area (Å²) in [5, 5.41) is 2.88. The normalized spacial score (nSPS) is 12.0. The van der Waals surface area contributed by atoms with Crippen LogP contribution < -0.4 is 14.8 Å². The molecule has 0 aliphatic carbocycles. The van der Waals surface area contributed by atoms with Gasteiger partial charge >= 0.3 is 6.03 Å². The van der Waals surface area contributed by atoms with Crippen LogP contribution in [0, 0.1) is 6.92 Å². The first-order valence-electron chi connectivity index (χ1n) is 11.2. The van der Waals surface area contributed by atoms with Crippen LogP contribution in [0.25, 0.3) is 0 Å². The Hall–Kier alpha value is -3.20. The quantitative estimate of drug-likeness (QED) is 0.490. The highest BCUT2D eigenvalue weighted by molar-refractivity contribution is 5.84. The Morgan fingerprint density at radius 3 is 2.64 bits per heavy atom. The van der Waals surface area contributed by atoms with E-state index in [1.165, 1.54) is 4.90 Å². The maximum Gasteiger partial charge on any atom is 0.317 e. The van der Waals surface area contributed by atoms with Gasteiger partial charge in [-0.15, -0.1) is 0 Å². The fourth-order valence-electron chi connectivity index (χ4n) is 3.45. The lowest BCUT2D eigenvalue weighted by molar-refractivity contribution is -0.133. The summed E-state index contributed by atoms with van der Waals surface area (Å²) >= 11 is 0. The first kappa shape index (κ1) is 24.4. The average Bonchev–Trinajstić information content (AvgIpc) is 3.44. The topological polar surface area (TPSA) is 93.5 Å². The number of carbonyl (C=O) groups is 2. The lowest BCUT2D eigenvalue weighted by Crippen LogP contribution is -2.47. The van der Waals surface area contributed by atoms with Gasteiger partial charge in [0.05, 0.1) is 13.2 Å². The number of furan rings is 1. The molecule has 0 saturated heterocycles. The predicted molar refractivity (Wildman–Crippen MR) is 122 cm³/mol. The molecule has 3 amide bonds. The highest BCUT2D eigenvalue weighted by Gasteiger charge is 2.23. The summed E-state index contributed by atoms with van der Waals surface area (Å²) in [5.74, 6) is 2.61. The van der Waals surface area contributed by atoms with Crippen molar-refractivity contribution >= 4 is 11.9 Å². The van der Waals surface area contributed by atoms with Gasteiger partial charge in [-0.05, 0) is 43.2 Å². The number of carbonyl (C=O) groups excluding carboxylic acids is 2. The van der Waals surface area contributed by atoms with Crippen LogP contribution in [0.1, 0.15) is 36.8 Å². The Morgan fingerprint density at radius 1 is 1.09 bits per heavy atom. The minimum Gasteiger partial charge on any atom is -0.464 e. The monoisotopic (exact) mass is 459 g/mol. The zero-order valence-electron chi connectivity index (χ0n) is 19.6. The standard InChI is InChI=1S/C24H33N3O6/c1-4-5-10-25-24(29)26(11-12-30-3)16-23(28)27(15-20-8-6-18(2)33-20)14-19-7-9-21-22(13-19)32-17-31-21/h6-9,13H,4-5,10-12,14-17H2,1-3H3,(H,25,29). The van der Waals surface area contributed by atoms with E-state index in [4.69, 9.17) is 18.6 Å². The van der Waals surface area contributed by atoms with Gasteiger partial charge < -0.3 is 33.7 Å². The molecular weight excluding hydrogens is 426 g/mol. The fourth-order valence-corrected chi connectivity index (χ4v) is 3.45. The van der Waals surface area contributed by atoms with Crippen LogP contribution in [0.2, 0.25) is 0 Å². The van der Waals surface area contributed by atoms with Crippen LogP contribution in [0.5, 0.6) is 11.5 Å². The van der Waals surface area contributed by atoms with E-state index in [9.17, 15) is 9.59 Å². The van der Waals surface area contributed by atoms with Gasteiger partial charge in [-0.3, -0.25) is 4.79 Å². The Bertz CT molecular complexity index is 929. The molecular formula is C24H33N3O6. The summed E-state index contributed by atoms with van der Waals surface area (Å²) in [6.07, 6.45) is 1.86. The van der Waals surface area contributed by atoms with Crippen molar-refractivity contribution in [3.63, 3.8) is 0 Å². The number of hydrogen-bond acceptors (Lipinski definition) is 6. The zero-order valence-corrected chi connectivity index (χ0v) is 19.6. The summed E-state index contributed by atoms with van der Waals surface area (Å²) in [6, 6.07) is 9.06. The lowest BCUT2D eigenvalue weighted by atomic mass is 10.2. The number of rotatable bonds is 12. The fraction of sp³-hybridized carbons (Fsp3) is 0.500. The SMILES string of the molecule is CCCCNC(=O)N(CCOC)CC(=O)N(Cc1ccc2c(c1)OCO2)Cc1ccc(C)o1. The third-order valence-electron chi connectivity index (χ3n) is 5.29. The molecule has 180 valence electrons. The molecule has 0 radical (unpaired) electrons. The Morgan fingerprint density at radius 2 is 1.91 bits per heavy atom. The molecule has 9 nitrogen and oxygen atoms in total. The van der Waals surface area contributed by atoms with Crippen molar-refractivity contribution in [1.82, 2.24) is 15.1 Å². The highest BCUT2D eigenvalue weighted by atomic mass is 16.7. The molecule has 0 saturated carbocycles. The van der Waals surface area contributed by atoms with Crippen molar-refractivity contribution in [2.45, 2.75) is 39.8 Å². The Kier molecular flexibility index (Phi) is 9.00. The second-order valence-electron chi connectivity index (χ2n) is 7.95. The maximum absolute atomic E-state index is 13.4. The van der Waals surface area contributed by atoms with E-state index in [0.717, 1.165) is 24.2 Å². The number of nitrogens with one attached hydrogen (secondary N) is 1. The van der Waals surface area contributed by atoms with Crippen LogP contribution >= 0.6 is 0 Å². The minimum absolute atomic E-state index is 0.0639. The zero-order chi connectivity index (χ0) is 23.6. The second kappa shape index (κ2) is 12.2. The molecule has 33 heavy (non-hydrogen) atoms. The Labute approximate surface area is 194 Å². The molecule has 1 aromatic carbocycles. The van der Waals surface area contributed by atoms with Gasteiger partial charge in [0.2, 0.25) is 12.7 Å². The number of ether oxygens (including phenoxy) is 3. The first-order valence-corrected chi connectivity index (χ1v) is 11.2. The molecule has 2 heterocycles. The Balaban J connectivity index is 1.73. The molecule has 1 N–H and O–H groups in total. The molecule has 1 aliphatic rings. The lowest BCUT2D eigenvalue weighted by Gasteiger charge is -2.27. The molecule has 0 bridgehead atoms. The molecule has 2 aromatic rings. The van der Waals surface area contributed by atoms with E-state index in [1.807, 2.05) is 37.3 Å². The number of methoxy groups -OCH3 is 1. The van der Waals surface area contributed by atoms with Crippen molar-refractivity contribution in [2.24, 2.45) is 0 Å². The van der Waals surface area contributed by atoms with Gasteiger partial charge in [0.15, 0.2) is 11.5 Å². The summed E-state index contributed by atoms with van der Waals surface area (Å²) < 4.78 is 21.7. The van der Waals surface area contributed by atoms with Crippen molar-refractivity contribution < 1.29 is 28.2 Å². The van der Waals surface area contributed by atoms with Crippen LogP contribution in [0.3, 0.4) is 0 Å². The summed E-state index contributed by atoms with van der Waals surface area (Å²) in [7, 11) is 1.57. The second-order valence-corrected chi connectivity index (χ2v) is 7.95. The maximum atomic E-state index is 13.4. The number of benzene rings is 1. The van der Waals surface area contributed by atoms with E-state index in [2.05, 4.69) is 12.2 Å². The molecule has 9 heteroatoms. The van der Waals surface area contributed by atoms with Crippen molar-refractivity contribution in [3.8, 4) is 11.5 Å². The number of hydrogen-bond donors (Lipinski definition) is 1.